The van der Waals surface area contributed by atoms with Crippen LogP contribution in [0.3, 0.4) is 0 Å². The summed E-state index contributed by atoms with van der Waals surface area (Å²) in [7, 11) is 0. The molecule has 0 saturated heterocycles. The second-order valence-corrected chi connectivity index (χ2v) is 5.30. The standard InChI is InChI=1S/C14H18IN3/c1-3-16-14(11-9-17-18(4-2)10-11)12-7-5-6-8-13(12)15/h5-10,14,16H,3-4H2,1-2H3. The van der Waals surface area contributed by atoms with Gasteiger partial charge in [0.1, 0.15) is 0 Å². The van der Waals surface area contributed by atoms with Crippen molar-refractivity contribution in [3.05, 3.63) is 51.4 Å². The van der Waals surface area contributed by atoms with Crippen LogP contribution in [0.5, 0.6) is 0 Å². The smallest absolute Gasteiger partial charge is 0.0618 e. The van der Waals surface area contributed by atoms with E-state index in [4.69, 9.17) is 0 Å². The van der Waals surface area contributed by atoms with Crippen molar-refractivity contribution < 1.29 is 0 Å². The summed E-state index contributed by atoms with van der Waals surface area (Å²) in [6, 6.07) is 8.71. The Balaban J connectivity index is 2.36. The van der Waals surface area contributed by atoms with E-state index < -0.39 is 0 Å². The zero-order valence-electron chi connectivity index (χ0n) is 10.7. The molecule has 1 aromatic heterocycles. The highest BCUT2D eigenvalue weighted by Gasteiger charge is 2.16. The molecule has 3 nitrogen and oxygen atoms in total. The number of hydrogen-bond donors (Lipinski definition) is 1. The Morgan fingerprint density at radius 2 is 2.11 bits per heavy atom. The molecule has 1 N–H and O–H groups in total. The number of halogens is 1. The lowest BCUT2D eigenvalue weighted by Gasteiger charge is -2.18. The number of hydrogen-bond acceptors (Lipinski definition) is 2. The minimum Gasteiger partial charge on any atom is -0.306 e. The van der Waals surface area contributed by atoms with Gasteiger partial charge in [-0.05, 0) is 47.7 Å². The van der Waals surface area contributed by atoms with Crippen molar-refractivity contribution >= 4 is 22.6 Å². The Kier molecular flexibility index (Phi) is 4.77. The molecule has 0 fully saturated rings. The molecule has 0 aliphatic heterocycles. The predicted octanol–water partition coefficient (Wildman–Crippen LogP) is 3.21. The monoisotopic (exact) mass is 355 g/mol. The molecule has 0 bridgehead atoms. The fraction of sp³-hybridized carbons (Fsp3) is 0.357. The summed E-state index contributed by atoms with van der Waals surface area (Å²) in [6.45, 7) is 6.08. The molecule has 2 aromatic rings. The van der Waals surface area contributed by atoms with Crippen LogP contribution in [0.4, 0.5) is 0 Å². The molecule has 0 spiro atoms. The van der Waals surface area contributed by atoms with Gasteiger partial charge in [0, 0.05) is 21.9 Å². The second-order valence-electron chi connectivity index (χ2n) is 4.14. The zero-order chi connectivity index (χ0) is 13.0. The van der Waals surface area contributed by atoms with Crippen molar-refractivity contribution in [3.63, 3.8) is 0 Å². The molecule has 0 aliphatic carbocycles. The first-order chi connectivity index (χ1) is 8.76. The third-order valence-electron chi connectivity index (χ3n) is 2.94. The van der Waals surface area contributed by atoms with E-state index in [0.717, 1.165) is 13.1 Å². The first-order valence-electron chi connectivity index (χ1n) is 6.26. The Morgan fingerprint density at radius 3 is 2.72 bits per heavy atom. The average molecular weight is 355 g/mol. The number of nitrogens with one attached hydrogen (secondary N) is 1. The van der Waals surface area contributed by atoms with E-state index in [2.05, 4.69) is 77.3 Å². The van der Waals surface area contributed by atoms with Crippen LogP contribution >= 0.6 is 22.6 Å². The van der Waals surface area contributed by atoms with Gasteiger partial charge in [0.2, 0.25) is 0 Å². The third kappa shape index (κ3) is 2.92. The highest BCUT2D eigenvalue weighted by molar-refractivity contribution is 14.1. The molecule has 1 unspecified atom stereocenters. The molecule has 2 rings (SSSR count). The van der Waals surface area contributed by atoms with Crippen molar-refractivity contribution in [3.8, 4) is 0 Å². The van der Waals surface area contributed by atoms with Crippen molar-refractivity contribution in [1.29, 1.82) is 0 Å². The van der Waals surface area contributed by atoms with Gasteiger partial charge in [-0.1, -0.05) is 25.1 Å². The van der Waals surface area contributed by atoms with Crippen LogP contribution < -0.4 is 5.32 Å². The van der Waals surface area contributed by atoms with Crippen molar-refractivity contribution in [2.75, 3.05) is 6.54 Å². The lowest BCUT2D eigenvalue weighted by molar-refractivity contribution is 0.623. The maximum Gasteiger partial charge on any atom is 0.0618 e. The largest absolute Gasteiger partial charge is 0.306 e. The van der Waals surface area contributed by atoms with Gasteiger partial charge in [-0.25, -0.2) is 0 Å². The van der Waals surface area contributed by atoms with Gasteiger partial charge >= 0.3 is 0 Å². The van der Waals surface area contributed by atoms with Crippen LogP contribution in [0.1, 0.15) is 31.0 Å². The van der Waals surface area contributed by atoms with Gasteiger partial charge in [0.25, 0.3) is 0 Å². The van der Waals surface area contributed by atoms with Gasteiger partial charge in [0.15, 0.2) is 0 Å². The summed E-state index contributed by atoms with van der Waals surface area (Å²) in [5, 5.41) is 7.90. The van der Waals surface area contributed by atoms with Gasteiger partial charge in [0.05, 0.1) is 12.2 Å². The van der Waals surface area contributed by atoms with Crippen LogP contribution in [0.2, 0.25) is 0 Å². The number of aryl methyl sites for hydroxylation is 1. The Morgan fingerprint density at radius 1 is 1.33 bits per heavy atom. The van der Waals surface area contributed by atoms with Gasteiger partial charge in [-0.3, -0.25) is 4.68 Å². The fourth-order valence-corrected chi connectivity index (χ4v) is 2.72. The van der Waals surface area contributed by atoms with E-state index in [1.165, 1.54) is 14.7 Å². The minimum atomic E-state index is 0.225. The van der Waals surface area contributed by atoms with Crippen LogP contribution in [0.25, 0.3) is 0 Å². The molecule has 1 heterocycles. The van der Waals surface area contributed by atoms with Gasteiger partial charge in [-0.15, -0.1) is 0 Å². The van der Waals surface area contributed by atoms with E-state index in [1.807, 2.05) is 10.9 Å². The molecule has 1 aromatic carbocycles. The molecule has 1 atom stereocenters. The Labute approximate surface area is 122 Å². The molecular formula is C14H18IN3. The molecular weight excluding hydrogens is 337 g/mol. The molecule has 4 heteroatoms. The first-order valence-corrected chi connectivity index (χ1v) is 7.34. The number of benzene rings is 1. The number of aromatic nitrogens is 2. The highest BCUT2D eigenvalue weighted by atomic mass is 127. The van der Waals surface area contributed by atoms with Crippen LogP contribution in [0.15, 0.2) is 36.7 Å². The highest BCUT2D eigenvalue weighted by Crippen LogP contribution is 2.25. The van der Waals surface area contributed by atoms with E-state index in [9.17, 15) is 0 Å². The van der Waals surface area contributed by atoms with Gasteiger partial charge in [-0.2, -0.15) is 5.10 Å². The van der Waals surface area contributed by atoms with Crippen molar-refractivity contribution in [2.45, 2.75) is 26.4 Å². The number of nitrogens with zero attached hydrogens (tertiary/aromatic N) is 2. The van der Waals surface area contributed by atoms with Crippen molar-refractivity contribution in [1.82, 2.24) is 15.1 Å². The average Bonchev–Trinajstić information content (AvgIpc) is 2.85. The maximum absolute atomic E-state index is 4.37. The Hall–Kier alpha value is -0.880. The summed E-state index contributed by atoms with van der Waals surface area (Å²) in [6.07, 6.45) is 4.08. The molecule has 18 heavy (non-hydrogen) atoms. The normalized spacial score (nSPS) is 12.6. The summed E-state index contributed by atoms with van der Waals surface area (Å²) >= 11 is 2.39. The molecule has 0 aliphatic rings. The first kappa shape index (κ1) is 13.5. The number of rotatable bonds is 5. The molecule has 0 radical (unpaired) electrons. The molecule has 0 saturated carbocycles. The molecule has 0 amide bonds. The van der Waals surface area contributed by atoms with Crippen LogP contribution in [-0.2, 0) is 6.54 Å². The van der Waals surface area contributed by atoms with E-state index in [-0.39, 0.29) is 6.04 Å². The van der Waals surface area contributed by atoms with Crippen molar-refractivity contribution in [2.24, 2.45) is 0 Å². The lowest BCUT2D eigenvalue weighted by Crippen LogP contribution is -2.22. The topological polar surface area (TPSA) is 29.9 Å². The SMILES string of the molecule is CCNC(c1cnn(CC)c1)c1ccccc1I. The van der Waals surface area contributed by atoms with Gasteiger partial charge < -0.3 is 5.32 Å². The third-order valence-corrected chi connectivity index (χ3v) is 3.92. The fourth-order valence-electron chi connectivity index (χ4n) is 2.02. The Bertz CT molecular complexity index is 507. The molecule has 96 valence electrons. The summed E-state index contributed by atoms with van der Waals surface area (Å²) in [5.74, 6) is 0. The van der Waals surface area contributed by atoms with E-state index in [0.29, 0.717) is 0 Å². The second kappa shape index (κ2) is 6.33. The zero-order valence-corrected chi connectivity index (χ0v) is 12.9. The quantitative estimate of drug-likeness (QED) is 0.835. The van der Waals surface area contributed by atoms with E-state index in [1.54, 1.807) is 0 Å². The lowest BCUT2D eigenvalue weighted by atomic mass is 10.0. The maximum atomic E-state index is 4.37. The van der Waals surface area contributed by atoms with Crippen LogP contribution in [0, 0.1) is 3.57 Å². The van der Waals surface area contributed by atoms with E-state index >= 15 is 0 Å². The van der Waals surface area contributed by atoms with Crippen LogP contribution in [-0.4, -0.2) is 16.3 Å². The summed E-state index contributed by atoms with van der Waals surface area (Å²) in [4.78, 5) is 0. The summed E-state index contributed by atoms with van der Waals surface area (Å²) < 4.78 is 3.25. The predicted molar refractivity (Wildman–Crippen MR) is 82.6 cm³/mol. The minimum absolute atomic E-state index is 0.225. The summed E-state index contributed by atoms with van der Waals surface area (Å²) in [5.41, 5.74) is 2.54.